The largest absolute Gasteiger partial charge is 0.508 e. The molecule has 0 saturated carbocycles. The number of carbonyl (C=O) groups excluding carboxylic acids is 1. The minimum atomic E-state index is -0.418. The highest BCUT2D eigenvalue weighted by Gasteiger charge is 2.15. The molecule has 0 heterocycles. The third-order valence-electron chi connectivity index (χ3n) is 3.16. The van der Waals surface area contributed by atoms with Crippen LogP contribution < -0.4 is 11.1 Å². The van der Waals surface area contributed by atoms with Crippen LogP contribution in [-0.2, 0) is 11.2 Å². The molecule has 0 bridgehead atoms. The van der Waals surface area contributed by atoms with Crippen molar-refractivity contribution in [3.05, 3.63) is 29.8 Å². The number of nitrogens with one attached hydrogen (secondary N) is 1. The molecule has 0 fully saturated rings. The summed E-state index contributed by atoms with van der Waals surface area (Å²) in [6, 6.07) is 6.82. The Bertz CT molecular complexity index is 409. The van der Waals surface area contributed by atoms with E-state index in [1.54, 1.807) is 23.9 Å². The molecule has 2 atom stereocenters. The van der Waals surface area contributed by atoms with Crippen LogP contribution in [0.3, 0.4) is 0 Å². The maximum absolute atomic E-state index is 11.8. The Morgan fingerprint density at radius 2 is 2.00 bits per heavy atom. The van der Waals surface area contributed by atoms with Gasteiger partial charge < -0.3 is 16.2 Å². The standard InChI is InChI=1S/C15H24N2O2S/c1-11(17-15(19)14(16)9-10-20-2)3-4-12-5-7-13(18)8-6-12/h5-8,11,14,18H,3-4,9-10,16H2,1-2H3,(H,17,19)/t11?,14-/m0/s1. The van der Waals surface area contributed by atoms with Crippen molar-refractivity contribution in [1.82, 2.24) is 5.32 Å². The summed E-state index contributed by atoms with van der Waals surface area (Å²) in [6.45, 7) is 1.99. The number of carbonyl (C=O) groups is 1. The fourth-order valence-electron chi connectivity index (χ4n) is 1.84. The van der Waals surface area contributed by atoms with Gasteiger partial charge in [0.1, 0.15) is 5.75 Å². The Hall–Kier alpha value is -1.20. The fraction of sp³-hybridized carbons (Fsp3) is 0.533. The van der Waals surface area contributed by atoms with Gasteiger partial charge in [-0.15, -0.1) is 0 Å². The zero-order chi connectivity index (χ0) is 15.0. The predicted molar refractivity (Wildman–Crippen MR) is 85.0 cm³/mol. The van der Waals surface area contributed by atoms with E-state index in [-0.39, 0.29) is 17.7 Å². The maximum Gasteiger partial charge on any atom is 0.237 e. The van der Waals surface area contributed by atoms with E-state index in [1.165, 1.54) is 0 Å². The van der Waals surface area contributed by atoms with Crippen LogP contribution in [0.1, 0.15) is 25.3 Å². The maximum atomic E-state index is 11.8. The number of aryl methyl sites for hydroxylation is 1. The van der Waals surface area contributed by atoms with Crippen LogP contribution in [0.15, 0.2) is 24.3 Å². The zero-order valence-corrected chi connectivity index (χ0v) is 13.0. The summed E-state index contributed by atoms with van der Waals surface area (Å²) in [7, 11) is 0. The van der Waals surface area contributed by atoms with E-state index in [9.17, 15) is 9.90 Å². The molecule has 4 nitrogen and oxygen atoms in total. The first-order valence-corrected chi connectivity index (χ1v) is 8.25. The molecule has 1 aromatic rings. The summed E-state index contributed by atoms with van der Waals surface area (Å²) in [5.74, 6) is 1.10. The molecule has 0 aliphatic rings. The van der Waals surface area contributed by atoms with Gasteiger partial charge in [-0.25, -0.2) is 0 Å². The average Bonchev–Trinajstić information content (AvgIpc) is 2.44. The van der Waals surface area contributed by atoms with Crippen molar-refractivity contribution in [2.24, 2.45) is 5.73 Å². The van der Waals surface area contributed by atoms with Gasteiger partial charge in [-0.2, -0.15) is 11.8 Å². The topological polar surface area (TPSA) is 75.4 Å². The van der Waals surface area contributed by atoms with Crippen LogP contribution in [0.2, 0.25) is 0 Å². The second kappa shape index (κ2) is 8.87. The van der Waals surface area contributed by atoms with Gasteiger partial charge in [-0.05, 0) is 55.9 Å². The van der Waals surface area contributed by atoms with Crippen LogP contribution >= 0.6 is 11.8 Å². The van der Waals surface area contributed by atoms with E-state index in [0.29, 0.717) is 6.42 Å². The smallest absolute Gasteiger partial charge is 0.237 e. The lowest BCUT2D eigenvalue weighted by Gasteiger charge is -2.17. The molecular weight excluding hydrogens is 272 g/mol. The van der Waals surface area contributed by atoms with Crippen molar-refractivity contribution >= 4 is 17.7 Å². The highest BCUT2D eigenvalue weighted by atomic mass is 32.2. The van der Waals surface area contributed by atoms with Crippen molar-refractivity contribution < 1.29 is 9.90 Å². The van der Waals surface area contributed by atoms with Crippen molar-refractivity contribution in [1.29, 1.82) is 0 Å². The number of nitrogens with two attached hydrogens (primary N) is 1. The van der Waals surface area contributed by atoms with Gasteiger partial charge >= 0.3 is 0 Å². The van der Waals surface area contributed by atoms with E-state index < -0.39 is 6.04 Å². The summed E-state index contributed by atoms with van der Waals surface area (Å²) in [5, 5.41) is 12.2. The van der Waals surface area contributed by atoms with E-state index in [2.05, 4.69) is 5.32 Å². The third kappa shape index (κ3) is 6.30. The minimum absolute atomic E-state index is 0.0720. The molecule has 0 aromatic heterocycles. The first-order chi connectivity index (χ1) is 9.52. The highest BCUT2D eigenvalue weighted by molar-refractivity contribution is 7.98. The van der Waals surface area contributed by atoms with Crippen molar-refractivity contribution in [3.8, 4) is 5.75 Å². The van der Waals surface area contributed by atoms with E-state index >= 15 is 0 Å². The number of aromatic hydroxyl groups is 1. The summed E-state index contributed by atoms with van der Waals surface area (Å²) in [4.78, 5) is 11.8. The third-order valence-corrected chi connectivity index (χ3v) is 3.80. The van der Waals surface area contributed by atoms with Crippen LogP contribution in [0.4, 0.5) is 0 Å². The number of thioether (sulfide) groups is 1. The quantitative estimate of drug-likeness (QED) is 0.685. The molecule has 0 spiro atoms. The molecule has 1 unspecified atom stereocenters. The van der Waals surface area contributed by atoms with Gasteiger partial charge in [0, 0.05) is 6.04 Å². The van der Waals surface area contributed by atoms with Gasteiger partial charge in [0.15, 0.2) is 0 Å². The van der Waals surface area contributed by atoms with Gasteiger partial charge in [0.2, 0.25) is 5.91 Å². The van der Waals surface area contributed by atoms with E-state index in [1.807, 2.05) is 25.3 Å². The number of amides is 1. The molecule has 0 aliphatic carbocycles. The van der Waals surface area contributed by atoms with Crippen LogP contribution in [0, 0.1) is 0 Å². The van der Waals surface area contributed by atoms with Gasteiger partial charge in [-0.1, -0.05) is 12.1 Å². The number of benzene rings is 1. The first-order valence-electron chi connectivity index (χ1n) is 6.85. The van der Waals surface area contributed by atoms with Gasteiger partial charge in [0.05, 0.1) is 6.04 Å². The molecule has 1 rings (SSSR count). The van der Waals surface area contributed by atoms with Gasteiger partial charge in [0.25, 0.3) is 0 Å². The predicted octanol–water partition coefficient (Wildman–Crippen LogP) is 1.91. The molecule has 1 aromatic carbocycles. The lowest BCUT2D eigenvalue weighted by atomic mass is 10.1. The van der Waals surface area contributed by atoms with Crippen molar-refractivity contribution in [2.75, 3.05) is 12.0 Å². The van der Waals surface area contributed by atoms with Gasteiger partial charge in [-0.3, -0.25) is 4.79 Å². The normalized spacial score (nSPS) is 13.8. The molecule has 0 saturated heterocycles. The van der Waals surface area contributed by atoms with Crippen LogP contribution in [-0.4, -0.2) is 35.1 Å². The summed E-state index contributed by atoms with van der Waals surface area (Å²) in [5.41, 5.74) is 6.97. The van der Waals surface area contributed by atoms with E-state index in [0.717, 1.165) is 24.2 Å². The average molecular weight is 296 g/mol. The Morgan fingerprint density at radius 1 is 1.35 bits per heavy atom. The van der Waals surface area contributed by atoms with E-state index in [4.69, 9.17) is 5.73 Å². The van der Waals surface area contributed by atoms with Crippen molar-refractivity contribution in [2.45, 2.75) is 38.3 Å². The second-order valence-electron chi connectivity index (χ2n) is 5.00. The number of rotatable bonds is 8. The molecule has 4 N–H and O–H groups in total. The molecule has 5 heteroatoms. The monoisotopic (exact) mass is 296 g/mol. The number of hydrogen-bond acceptors (Lipinski definition) is 4. The molecule has 20 heavy (non-hydrogen) atoms. The number of phenols is 1. The summed E-state index contributed by atoms with van der Waals surface area (Å²) in [6.07, 6.45) is 4.43. The SMILES string of the molecule is CSCC[C@H](N)C(=O)NC(C)CCc1ccc(O)cc1. The molecule has 1 amide bonds. The van der Waals surface area contributed by atoms with Crippen LogP contribution in [0.5, 0.6) is 5.75 Å². The number of phenolic OH excluding ortho intramolecular Hbond substituents is 1. The highest BCUT2D eigenvalue weighted by Crippen LogP contribution is 2.12. The lowest BCUT2D eigenvalue weighted by molar-refractivity contribution is -0.123. The van der Waals surface area contributed by atoms with Crippen LogP contribution in [0.25, 0.3) is 0 Å². The first kappa shape index (κ1) is 16.9. The lowest BCUT2D eigenvalue weighted by Crippen LogP contribution is -2.44. The molecule has 0 aliphatic heterocycles. The minimum Gasteiger partial charge on any atom is -0.508 e. The summed E-state index contributed by atoms with van der Waals surface area (Å²) < 4.78 is 0. The summed E-state index contributed by atoms with van der Waals surface area (Å²) >= 11 is 1.69. The second-order valence-corrected chi connectivity index (χ2v) is 5.99. The Balaban J connectivity index is 2.30. The molecule has 0 radical (unpaired) electrons. The zero-order valence-electron chi connectivity index (χ0n) is 12.1. The Morgan fingerprint density at radius 3 is 2.60 bits per heavy atom. The van der Waals surface area contributed by atoms with Crippen molar-refractivity contribution in [3.63, 3.8) is 0 Å². The fourth-order valence-corrected chi connectivity index (χ4v) is 2.33. The Kier molecular flexibility index (Phi) is 7.47. The Labute approximate surface area is 125 Å². The molecular formula is C15H24N2O2S. The number of hydrogen-bond donors (Lipinski definition) is 3. The molecule has 112 valence electrons.